The number of H-pyrrole nitrogens is 1. The molecule has 1 heterocycles. The molecule has 0 radical (unpaired) electrons. The Morgan fingerprint density at radius 1 is 1.08 bits per heavy atom. The molecule has 134 valence electrons. The van der Waals surface area contributed by atoms with E-state index in [4.69, 9.17) is 4.74 Å². The lowest BCUT2D eigenvalue weighted by Gasteiger charge is -2.10. The molecule has 1 aromatic heterocycles. The van der Waals surface area contributed by atoms with Crippen LogP contribution in [0.15, 0.2) is 58.1 Å². The molecule has 26 heavy (non-hydrogen) atoms. The van der Waals surface area contributed by atoms with Gasteiger partial charge in [-0.05, 0) is 30.2 Å². The molecule has 0 aliphatic carbocycles. The number of ether oxygens (including phenoxy) is 1. The minimum absolute atomic E-state index is 0.245. The first-order valence-electron chi connectivity index (χ1n) is 8.20. The fourth-order valence-corrected chi connectivity index (χ4v) is 2.80. The molecule has 0 unspecified atom stereocenters. The summed E-state index contributed by atoms with van der Waals surface area (Å²) in [7, 11) is 1.60. The Hall–Kier alpha value is -3.35. The summed E-state index contributed by atoms with van der Waals surface area (Å²) in [6.45, 7) is 0.149. The van der Waals surface area contributed by atoms with Crippen molar-refractivity contribution in [3.05, 3.63) is 74.8 Å². The van der Waals surface area contributed by atoms with E-state index in [0.29, 0.717) is 18.4 Å². The summed E-state index contributed by atoms with van der Waals surface area (Å²) in [6.07, 6.45) is 0.596. The van der Waals surface area contributed by atoms with E-state index in [9.17, 15) is 14.4 Å². The average molecular weight is 353 g/mol. The Labute approximate surface area is 149 Å². The SMILES string of the molecule is COc1ccccc1CCNC(=O)Cn1[nH]c(=O)c2ccccc2c1=O. The summed E-state index contributed by atoms with van der Waals surface area (Å²) >= 11 is 0. The molecular formula is C19H19N3O4. The molecule has 2 N–H and O–H groups in total. The van der Waals surface area contributed by atoms with E-state index < -0.39 is 11.1 Å². The van der Waals surface area contributed by atoms with Gasteiger partial charge >= 0.3 is 0 Å². The van der Waals surface area contributed by atoms with Gasteiger partial charge in [0.15, 0.2) is 0 Å². The molecule has 3 aromatic rings. The first-order chi connectivity index (χ1) is 12.6. The average Bonchev–Trinajstić information content (AvgIpc) is 2.66. The van der Waals surface area contributed by atoms with Gasteiger partial charge in [0.1, 0.15) is 12.3 Å². The monoisotopic (exact) mass is 353 g/mol. The van der Waals surface area contributed by atoms with E-state index >= 15 is 0 Å². The van der Waals surface area contributed by atoms with Gasteiger partial charge in [0, 0.05) is 6.54 Å². The van der Waals surface area contributed by atoms with Crippen LogP contribution in [0.2, 0.25) is 0 Å². The number of hydrogen-bond acceptors (Lipinski definition) is 4. The van der Waals surface area contributed by atoms with Gasteiger partial charge < -0.3 is 10.1 Å². The molecule has 0 saturated heterocycles. The van der Waals surface area contributed by atoms with Crippen LogP contribution in [0.3, 0.4) is 0 Å². The van der Waals surface area contributed by atoms with E-state index in [1.54, 1.807) is 31.4 Å². The Morgan fingerprint density at radius 2 is 1.77 bits per heavy atom. The van der Waals surface area contributed by atoms with E-state index in [2.05, 4.69) is 10.4 Å². The van der Waals surface area contributed by atoms with E-state index in [0.717, 1.165) is 16.0 Å². The van der Waals surface area contributed by atoms with Crippen LogP contribution in [0.1, 0.15) is 5.56 Å². The quantitative estimate of drug-likeness (QED) is 0.693. The molecule has 0 aliphatic heterocycles. The van der Waals surface area contributed by atoms with Gasteiger partial charge in [0.05, 0.1) is 17.9 Å². The molecule has 0 saturated carbocycles. The van der Waals surface area contributed by atoms with Gasteiger partial charge in [-0.3, -0.25) is 19.5 Å². The molecule has 0 bridgehead atoms. The predicted octanol–water partition coefficient (Wildman–Crippen LogP) is 1.06. The number of hydrogen-bond donors (Lipinski definition) is 2. The summed E-state index contributed by atoms with van der Waals surface area (Å²) in [4.78, 5) is 36.6. The number of amides is 1. The molecule has 7 nitrogen and oxygen atoms in total. The third-order valence-corrected chi connectivity index (χ3v) is 4.09. The van der Waals surface area contributed by atoms with Crippen LogP contribution in [0.4, 0.5) is 0 Å². The van der Waals surface area contributed by atoms with Crippen LogP contribution >= 0.6 is 0 Å². The minimum Gasteiger partial charge on any atom is -0.496 e. The number of rotatable bonds is 6. The second kappa shape index (κ2) is 7.69. The molecule has 0 aliphatic rings. The number of para-hydroxylation sites is 1. The van der Waals surface area contributed by atoms with Crippen LogP contribution in [-0.2, 0) is 17.8 Å². The Kier molecular flexibility index (Phi) is 5.17. The van der Waals surface area contributed by atoms with Crippen molar-refractivity contribution in [1.29, 1.82) is 0 Å². The molecule has 1 amide bonds. The standard InChI is InChI=1S/C19H19N3O4/c1-26-16-9-5-2-6-13(16)10-11-20-17(23)12-22-19(25)15-8-4-3-7-14(15)18(24)21-22/h2-9H,10-12H2,1H3,(H,20,23)(H,21,24). The highest BCUT2D eigenvalue weighted by molar-refractivity contribution is 5.81. The van der Waals surface area contributed by atoms with Crippen LogP contribution < -0.4 is 21.2 Å². The summed E-state index contributed by atoms with van der Waals surface area (Å²) in [6, 6.07) is 14.1. The van der Waals surface area contributed by atoms with Crippen LogP contribution in [-0.4, -0.2) is 29.3 Å². The number of benzene rings is 2. The highest BCUT2D eigenvalue weighted by atomic mass is 16.5. The van der Waals surface area contributed by atoms with Gasteiger partial charge in [-0.2, -0.15) is 0 Å². The van der Waals surface area contributed by atoms with Gasteiger partial charge in [0.2, 0.25) is 5.91 Å². The topological polar surface area (TPSA) is 93.2 Å². The summed E-state index contributed by atoms with van der Waals surface area (Å²) < 4.78 is 6.30. The Morgan fingerprint density at radius 3 is 2.54 bits per heavy atom. The van der Waals surface area contributed by atoms with Gasteiger partial charge in [-0.25, -0.2) is 4.68 Å². The lowest BCUT2D eigenvalue weighted by Crippen LogP contribution is -2.37. The highest BCUT2D eigenvalue weighted by Crippen LogP contribution is 2.17. The number of aromatic amines is 1. The van der Waals surface area contributed by atoms with E-state index in [1.165, 1.54) is 0 Å². The lowest BCUT2D eigenvalue weighted by molar-refractivity contribution is -0.121. The van der Waals surface area contributed by atoms with Crippen molar-refractivity contribution in [1.82, 2.24) is 15.1 Å². The first kappa shape index (κ1) is 17.5. The van der Waals surface area contributed by atoms with E-state index in [-0.39, 0.29) is 17.8 Å². The van der Waals surface area contributed by atoms with Gasteiger partial charge in [0.25, 0.3) is 11.1 Å². The Balaban J connectivity index is 1.67. The Bertz CT molecular complexity index is 1050. The molecule has 0 spiro atoms. The van der Waals surface area contributed by atoms with Gasteiger partial charge in [-0.15, -0.1) is 0 Å². The molecule has 2 aromatic carbocycles. The second-order valence-corrected chi connectivity index (χ2v) is 5.79. The fourth-order valence-electron chi connectivity index (χ4n) is 2.80. The largest absolute Gasteiger partial charge is 0.496 e. The van der Waals surface area contributed by atoms with Crippen LogP contribution in [0.25, 0.3) is 10.8 Å². The molecular weight excluding hydrogens is 334 g/mol. The maximum Gasteiger partial charge on any atom is 0.273 e. The van der Waals surface area contributed by atoms with Crippen LogP contribution in [0, 0.1) is 0 Å². The number of carbonyl (C=O) groups is 1. The van der Waals surface area contributed by atoms with Crippen molar-refractivity contribution in [2.24, 2.45) is 0 Å². The maximum atomic E-state index is 12.4. The fraction of sp³-hybridized carbons (Fsp3) is 0.211. The zero-order chi connectivity index (χ0) is 18.5. The van der Waals surface area contributed by atoms with Crippen LogP contribution in [0.5, 0.6) is 5.75 Å². The van der Waals surface area contributed by atoms with Crippen molar-refractivity contribution < 1.29 is 9.53 Å². The first-order valence-corrected chi connectivity index (χ1v) is 8.20. The van der Waals surface area contributed by atoms with Crippen molar-refractivity contribution >= 4 is 16.7 Å². The minimum atomic E-state index is -0.403. The van der Waals surface area contributed by atoms with Crippen molar-refractivity contribution in [3.8, 4) is 5.75 Å². The normalized spacial score (nSPS) is 10.7. The van der Waals surface area contributed by atoms with Crippen molar-refractivity contribution in [2.45, 2.75) is 13.0 Å². The third-order valence-electron chi connectivity index (χ3n) is 4.09. The number of methoxy groups -OCH3 is 1. The number of aromatic nitrogens is 2. The molecule has 0 fully saturated rings. The molecule has 7 heteroatoms. The molecule has 3 rings (SSSR count). The second-order valence-electron chi connectivity index (χ2n) is 5.79. The maximum absolute atomic E-state index is 12.4. The molecule has 0 atom stereocenters. The zero-order valence-corrected chi connectivity index (χ0v) is 14.3. The number of carbonyl (C=O) groups excluding carboxylic acids is 1. The number of fused-ring (bicyclic) bond motifs is 1. The van der Waals surface area contributed by atoms with E-state index in [1.807, 2.05) is 24.3 Å². The van der Waals surface area contributed by atoms with Crippen molar-refractivity contribution in [2.75, 3.05) is 13.7 Å². The third kappa shape index (κ3) is 3.66. The lowest BCUT2D eigenvalue weighted by atomic mass is 10.1. The summed E-state index contributed by atoms with van der Waals surface area (Å²) in [5.74, 6) is 0.407. The summed E-state index contributed by atoms with van der Waals surface area (Å²) in [5, 5.41) is 5.79. The summed E-state index contributed by atoms with van der Waals surface area (Å²) in [5.41, 5.74) is 0.175. The van der Waals surface area contributed by atoms with Gasteiger partial charge in [-0.1, -0.05) is 30.3 Å². The smallest absolute Gasteiger partial charge is 0.273 e. The van der Waals surface area contributed by atoms with Crippen molar-refractivity contribution in [3.63, 3.8) is 0 Å². The predicted molar refractivity (Wildman–Crippen MR) is 98.5 cm³/mol. The number of nitrogens with one attached hydrogen (secondary N) is 2. The zero-order valence-electron chi connectivity index (χ0n) is 14.3. The number of nitrogens with zero attached hydrogens (tertiary/aromatic N) is 1. The highest BCUT2D eigenvalue weighted by Gasteiger charge is 2.10.